The quantitative estimate of drug-likeness (QED) is 0.884. The van der Waals surface area contributed by atoms with E-state index in [0.717, 1.165) is 16.5 Å². The lowest BCUT2D eigenvalue weighted by Gasteiger charge is -2.26. The molecule has 1 aromatic rings. The van der Waals surface area contributed by atoms with Gasteiger partial charge in [-0.25, -0.2) is 0 Å². The van der Waals surface area contributed by atoms with Gasteiger partial charge in [0.05, 0.1) is 0 Å². The van der Waals surface area contributed by atoms with E-state index in [9.17, 15) is 0 Å². The van der Waals surface area contributed by atoms with Crippen LogP contribution in [-0.2, 0) is 5.75 Å². The molecule has 1 rings (SSSR count). The molecule has 1 nitrogen and oxygen atoms in total. The third kappa shape index (κ3) is 4.36. The first-order valence-electron chi connectivity index (χ1n) is 5.48. The van der Waals surface area contributed by atoms with E-state index in [1.165, 1.54) is 5.56 Å². The predicted molar refractivity (Wildman–Crippen MR) is 75.0 cm³/mol. The van der Waals surface area contributed by atoms with E-state index in [-0.39, 0.29) is 11.5 Å². The molecule has 1 unspecified atom stereocenters. The topological polar surface area (TPSA) is 26.0 Å². The van der Waals surface area contributed by atoms with Gasteiger partial charge < -0.3 is 5.73 Å². The van der Waals surface area contributed by atoms with Crippen LogP contribution in [0.1, 0.15) is 26.3 Å². The Balaban J connectivity index is 2.40. The Labute approximate surface area is 108 Å². The first-order valence-corrected chi connectivity index (χ1v) is 7.01. The minimum Gasteiger partial charge on any atom is -0.326 e. The van der Waals surface area contributed by atoms with Gasteiger partial charge in [-0.05, 0) is 17.0 Å². The second-order valence-corrected chi connectivity index (χ2v) is 6.52. The molecule has 0 heterocycles. The molecule has 0 fully saturated rings. The summed E-state index contributed by atoms with van der Waals surface area (Å²) in [5.41, 5.74) is 7.46. The van der Waals surface area contributed by atoms with Crippen LogP contribution in [0.4, 0.5) is 0 Å². The first-order chi connectivity index (χ1) is 7.41. The Kier molecular flexibility index (Phi) is 5.16. The van der Waals surface area contributed by atoms with Crippen molar-refractivity contribution in [2.75, 3.05) is 5.75 Å². The zero-order chi connectivity index (χ0) is 12.2. The lowest BCUT2D eigenvalue weighted by molar-refractivity contribution is 0.344. The Bertz CT molecular complexity index is 333. The molecule has 1 aromatic carbocycles. The number of rotatable bonds is 4. The van der Waals surface area contributed by atoms with E-state index >= 15 is 0 Å². The van der Waals surface area contributed by atoms with Crippen LogP contribution in [-0.4, -0.2) is 11.8 Å². The number of benzene rings is 1. The summed E-state index contributed by atoms with van der Waals surface area (Å²) < 4.78 is 0. The fourth-order valence-corrected chi connectivity index (χ4v) is 2.79. The summed E-state index contributed by atoms with van der Waals surface area (Å²) in [6, 6.07) is 8.20. The number of hydrogen-bond acceptors (Lipinski definition) is 2. The van der Waals surface area contributed by atoms with Crippen LogP contribution < -0.4 is 5.73 Å². The van der Waals surface area contributed by atoms with E-state index in [4.69, 9.17) is 17.3 Å². The number of nitrogens with two attached hydrogens (primary N) is 1. The Morgan fingerprint density at radius 3 is 2.50 bits per heavy atom. The summed E-state index contributed by atoms with van der Waals surface area (Å²) in [5.74, 6) is 1.90. The maximum Gasteiger partial charge on any atom is 0.0446 e. The highest BCUT2D eigenvalue weighted by molar-refractivity contribution is 7.98. The average Bonchev–Trinajstić information content (AvgIpc) is 2.19. The lowest BCUT2D eigenvalue weighted by atomic mass is 9.89. The molecule has 0 spiro atoms. The maximum absolute atomic E-state index is 6.10. The fourth-order valence-electron chi connectivity index (χ4n) is 1.16. The van der Waals surface area contributed by atoms with Crippen LogP contribution in [0.3, 0.4) is 0 Å². The van der Waals surface area contributed by atoms with Gasteiger partial charge >= 0.3 is 0 Å². The molecular formula is C13H20ClNS. The standard InChI is InChI=1S/C13H20ClNS/c1-13(2,3)12(15)9-16-8-10-6-4-5-7-11(10)14/h4-7,12H,8-9,15H2,1-3H3. The maximum atomic E-state index is 6.10. The summed E-state index contributed by atoms with van der Waals surface area (Å²) in [4.78, 5) is 0. The van der Waals surface area contributed by atoms with Gasteiger partial charge in [-0.15, -0.1) is 0 Å². The van der Waals surface area contributed by atoms with Gasteiger partial charge in [0.25, 0.3) is 0 Å². The Morgan fingerprint density at radius 1 is 1.31 bits per heavy atom. The summed E-state index contributed by atoms with van der Waals surface area (Å²) in [6.45, 7) is 6.52. The molecule has 0 amide bonds. The van der Waals surface area contributed by atoms with Crippen molar-refractivity contribution in [1.82, 2.24) is 0 Å². The van der Waals surface area contributed by atoms with Crippen molar-refractivity contribution in [2.24, 2.45) is 11.1 Å². The van der Waals surface area contributed by atoms with Crippen molar-refractivity contribution in [1.29, 1.82) is 0 Å². The largest absolute Gasteiger partial charge is 0.326 e. The molecule has 90 valence electrons. The number of halogens is 1. The summed E-state index contributed by atoms with van der Waals surface area (Å²) in [5, 5.41) is 0.847. The number of hydrogen-bond donors (Lipinski definition) is 1. The van der Waals surface area contributed by atoms with Crippen molar-refractivity contribution in [3.63, 3.8) is 0 Å². The average molecular weight is 258 g/mol. The zero-order valence-corrected chi connectivity index (χ0v) is 11.7. The molecule has 0 radical (unpaired) electrons. The second-order valence-electron chi connectivity index (χ2n) is 5.08. The second kappa shape index (κ2) is 5.95. The normalized spacial score (nSPS) is 13.8. The van der Waals surface area contributed by atoms with Gasteiger partial charge in [-0.1, -0.05) is 50.6 Å². The van der Waals surface area contributed by atoms with Gasteiger partial charge in [0, 0.05) is 22.6 Å². The Hall–Kier alpha value is -0.180. The molecule has 3 heteroatoms. The van der Waals surface area contributed by atoms with Crippen molar-refractivity contribution >= 4 is 23.4 Å². The fraction of sp³-hybridized carbons (Fsp3) is 0.538. The molecule has 0 aliphatic carbocycles. The first kappa shape index (κ1) is 13.9. The molecule has 0 aromatic heterocycles. The zero-order valence-electron chi connectivity index (χ0n) is 10.2. The molecule has 0 aliphatic rings. The summed E-state index contributed by atoms with van der Waals surface area (Å²) in [7, 11) is 0. The monoisotopic (exact) mass is 257 g/mol. The highest BCUT2D eigenvalue weighted by Crippen LogP contribution is 2.25. The van der Waals surface area contributed by atoms with Gasteiger partial charge in [0.1, 0.15) is 0 Å². The SMILES string of the molecule is CC(C)(C)C(N)CSCc1ccccc1Cl. The molecule has 1 atom stereocenters. The summed E-state index contributed by atoms with van der Waals surface area (Å²) >= 11 is 7.93. The molecule has 0 aliphatic heterocycles. The van der Waals surface area contributed by atoms with E-state index in [1.54, 1.807) is 0 Å². The highest BCUT2D eigenvalue weighted by Gasteiger charge is 2.20. The van der Waals surface area contributed by atoms with E-state index in [1.807, 2.05) is 30.0 Å². The van der Waals surface area contributed by atoms with Gasteiger partial charge in [0.2, 0.25) is 0 Å². The number of thioether (sulfide) groups is 1. The van der Waals surface area contributed by atoms with Crippen molar-refractivity contribution in [2.45, 2.75) is 32.6 Å². The van der Waals surface area contributed by atoms with Gasteiger partial charge in [-0.2, -0.15) is 11.8 Å². The van der Waals surface area contributed by atoms with E-state index in [2.05, 4.69) is 26.8 Å². The predicted octanol–water partition coefficient (Wildman–Crippen LogP) is 3.95. The van der Waals surface area contributed by atoms with Gasteiger partial charge in [-0.3, -0.25) is 0 Å². The van der Waals surface area contributed by atoms with Crippen molar-refractivity contribution in [3.8, 4) is 0 Å². The molecule has 0 saturated heterocycles. The molecule has 0 bridgehead atoms. The van der Waals surface area contributed by atoms with Crippen LogP contribution in [0.15, 0.2) is 24.3 Å². The highest BCUT2D eigenvalue weighted by atomic mass is 35.5. The molecular weight excluding hydrogens is 238 g/mol. The van der Waals surface area contributed by atoms with Gasteiger partial charge in [0.15, 0.2) is 0 Å². The van der Waals surface area contributed by atoms with Crippen LogP contribution in [0.5, 0.6) is 0 Å². The molecule has 16 heavy (non-hydrogen) atoms. The van der Waals surface area contributed by atoms with E-state index < -0.39 is 0 Å². The smallest absolute Gasteiger partial charge is 0.0446 e. The molecule has 0 saturated carbocycles. The van der Waals surface area contributed by atoms with Crippen molar-refractivity contribution < 1.29 is 0 Å². The van der Waals surface area contributed by atoms with Crippen LogP contribution in [0.2, 0.25) is 5.02 Å². The van der Waals surface area contributed by atoms with Crippen LogP contribution >= 0.6 is 23.4 Å². The molecule has 2 N–H and O–H groups in total. The minimum absolute atomic E-state index is 0.174. The van der Waals surface area contributed by atoms with Crippen LogP contribution in [0.25, 0.3) is 0 Å². The minimum atomic E-state index is 0.174. The summed E-state index contributed by atoms with van der Waals surface area (Å²) in [6.07, 6.45) is 0. The Morgan fingerprint density at radius 2 is 1.94 bits per heavy atom. The third-order valence-corrected chi connectivity index (χ3v) is 4.10. The van der Waals surface area contributed by atoms with Crippen LogP contribution in [0, 0.1) is 5.41 Å². The third-order valence-electron chi connectivity index (χ3n) is 2.63. The van der Waals surface area contributed by atoms with E-state index in [0.29, 0.717) is 0 Å². The lowest BCUT2D eigenvalue weighted by Crippen LogP contribution is -2.37. The van der Waals surface area contributed by atoms with Crippen molar-refractivity contribution in [3.05, 3.63) is 34.9 Å².